The molecule has 0 bridgehead atoms. The average molecular weight is 319 g/mol. The second kappa shape index (κ2) is 4.08. The third kappa shape index (κ3) is 2.00. The predicted octanol–water partition coefficient (Wildman–Crippen LogP) is 2.82. The molecule has 2 nitrogen and oxygen atoms in total. The molecule has 0 aromatic heterocycles. The Bertz CT molecular complexity index is 419. The van der Waals surface area contributed by atoms with Crippen molar-refractivity contribution < 1.29 is 9.18 Å². The highest BCUT2D eigenvalue weighted by molar-refractivity contribution is 14.1. The van der Waals surface area contributed by atoms with Crippen LogP contribution < -0.4 is 5.32 Å². The summed E-state index contributed by atoms with van der Waals surface area (Å²) in [5.74, 6) is -0.398. The topological polar surface area (TPSA) is 29.1 Å². The summed E-state index contributed by atoms with van der Waals surface area (Å²) in [4.78, 5) is 11.6. The van der Waals surface area contributed by atoms with Crippen molar-refractivity contribution in [3.63, 3.8) is 0 Å². The van der Waals surface area contributed by atoms with Crippen molar-refractivity contribution in [2.45, 2.75) is 23.7 Å². The zero-order chi connectivity index (χ0) is 11.0. The fourth-order valence-electron chi connectivity index (χ4n) is 1.68. The molecule has 15 heavy (non-hydrogen) atoms. The number of alkyl halides is 1. The van der Waals surface area contributed by atoms with Crippen molar-refractivity contribution in [3.8, 4) is 0 Å². The molecule has 0 saturated heterocycles. The number of hydrogen-bond donors (Lipinski definition) is 1. The number of benzene rings is 1. The number of carbonyl (C=O) groups is 1. The molecule has 1 N–H and O–H groups in total. The zero-order valence-corrected chi connectivity index (χ0v) is 10.5. The fourth-order valence-corrected chi connectivity index (χ4v) is 2.15. The molecular weight excluding hydrogens is 308 g/mol. The summed E-state index contributed by atoms with van der Waals surface area (Å²) in [5.41, 5.74) is 1.84. The molecule has 1 aliphatic rings. The molecule has 1 unspecified atom stereocenters. The summed E-state index contributed by atoms with van der Waals surface area (Å²) in [5, 5.41) is 2.66. The first-order chi connectivity index (χ1) is 7.09. The molecule has 1 aliphatic heterocycles. The largest absolute Gasteiger partial charge is 0.322 e. The van der Waals surface area contributed by atoms with E-state index in [1.807, 2.05) is 6.07 Å². The van der Waals surface area contributed by atoms with E-state index in [9.17, 15) is 9.18 Å². The highest BCUT2D eigenvalue weighted by Gasteiger charge is 2.23. The number of anilines is 1. The summed E-state index contributed by atoms with van der Waals surface area (Å²) in [6.45, 7) is 1.70. The van der Waals surface area contributed by atoms with Crippen molar-refractivity contribution in [3.05, 3.63) is 29.1 Å². The van der Waals surface area contributed by atoms with Gasteiger partial charge in [-0.2, -0.15) is 0 Å². The third-order valence-corrected chi connectivity index (χ3v) is 3.81. The molecule has 1 aromatic rings. The van der Waals surface area contributed by atoms with Gasteiger partial charge in [-0.15, -0.1) is 0 Å². The smallest absolute Gasteiger partial charge is 0.237 e. The molecule has 80 valence electrons. The molecule has 1 heterocycles. The summed E-state index contributed by atoms with van der Waals surface area (Å²) in [6.07, 6.45) is 1.51. The number of fused-ring (bicyclic) bond motifs is 1. The Hall–Kier alpha value is -0.650. The predicted molar refractivity (Wildman–Crippen MR) is 65.9 cm³/mol. The van der Waals surface area contributed by atoms with Gasteiger partial charge in [-0.25, -0.2) is 4.39 Å². The van der Waals surface area contributed by atoms with E-state index < -0.39 is 0 Å². The van der Waals surface area contributed by atoms with E-state index >= 15 is 0 Å². The number of halogens is 2. The van der Waals surface area contributed by atoms with E-state index in [1.165, 1.54) is 0 Å². The van der Waals surface area contributed by atoms with Crippen LogP contribution in [-0.4, -0.2) is 9.83 Å². The molecule has 4 heteroatoms. The van der Waals surface area contributed by atoms with Gasteiger partial charge in [-0.05, 0) is 30.9 Å². The molecule has 0 fully saturated rings. The molecule has 2 rings (SSSR count). The van der Waals surface area contributed by atoms with Crippen molar-refractivity contribution in [2.75, 3.05) is 5.32 Å². The quantitative estimate of drug-likeness (QED) is 0.578. The van der Waals surface area contributed by atoms with Crippen LogP contribution in [0.4, 0.5) is 10.1 Å². The average Bonchev–Trinajstić information content (AvgIpc) is 2.35. The lowest BCUT2D eigenvalue weighted by Gasteiger charge is -2.09. The van der Waals surface area contributed by atoms with Crippen molar-refractivity contribution >= 4 is 34.2 Å². The summed E-state index contributed by atoms with van der Waals surface area (Å²) in [7, 11) is 0. The monoisotopic (exact) mass is 319 g/mol. The molecule has 1 amide bonds. The minimum atomic E-state index is -0.300. The lowest BCUT2D eigenvalue weighted by molar-refractivity contribution is -0.115. The van der Waals surface area contributed by atoms with Crippen LogP contribution in [-0.2, 0) is 11.2 Å². The van der Waals surface area contributed by atoms with Gasteiger partial charge in [-0.3, -0.25) is 4.79 Å². The lowest BCUT2D eigenvalue weighted by atomic mass is 10.1. The first kappa shape index (κ1) is 10.9. The van der Waals surface area contributed by atoms with E-state index in [2.05, 4.69) is 27.9 Å². The molecule has 0 radical (unpaired) electrons. The lowest BCUT2D eigenvalue weighted by Crippen LogP contribution is -2.21. The van der Waals surface area contributed by atoms with Crippen molar-refractivity contribution in [1.29, 1.82) is 0 Å². The fraction of sp³-hybridized carbons (Fsp3) is 0.364. The van der Waals surface area contributed by atoms with Crippen LogP contribution in [0.5, 0.6) is 0 Å². The standard InChI is InChI=1S/C11H11FINO/c1-6-2-3-7-4-5-8(13)11(15)14-10(7)9(6)12/h2-3,8H,4-5H2,1H3,(H,14,15). The minimum absolute atomic E-state index is 0.0743. The molecule has 0 spiro atoms. The Morgan fingerprint density at radius 1 is 1.53 bits per heavy atom. The van der Waals surface area contributed by atoms with Crippen molar-refractivity contribution in [1.82, 2.24) is 0 Å². The number of hydrogen-bond acceptors (Lipinski definition) is 1. The number of rotatable bonds is 0. The molecule has 1 aromatic carbocycles. The number of carbonyl (C=O) groups excluding carboxylic acids is 1. The summed E-state index contributed by atoms with van der Waals surface area (Å²) in [6, 6.07) is 3.65. The van der Waals surface area contributed by atoms with E-state index in [1.54, 1.807) is 13.0 Å². The number of amides is 1. The molecule has 0 aliphatic carbocycles. The number of aryl methyl sites for hydroxylation is 2. The van der Waals surface area contributed by atoms with Gasteiger partial charge in [0.2, 0.25) is 5.91 Å². The maximum Gasteiger partial charge on any atom is 0.237 e. The van der Waals surface area contributed by atoms with Gasteiger partial charge in [0.1, 0.15) is 5.82 Å². The van der Waals surface area contributed by atoms with Gasteiger partial charge < -0.3 is 5.32 Å². The third-order valence-electron chi connectivity index (χ3n) is 2.62. The van der Waals surface area contributed by atoms with E-state index in [0.29, 0.717) is 11.3 Å². The Kier molecular flexibility index (Phi) is 2.95. The van der Waals surface area contributed by atoms with E-state index in [-0.39, 0.29) is 15.6 Å². The summed E-state index contributed by atoms with van der Waals surface area (Å²) >= 11 is 2.09. The first-order valence-corrected chi connectivity index (χ1v) is 6.07. The van der Waals surface area contributed by atoms with E-state index in [0.717, 1.165) is 18.4 Å². The Morgan fingerprint density at radius 3 is 3.00 bits per heavy atom. The van der Waals surface area contributed by atoms with Gasteiger partial charge in [0.05, 0.1) is 9.61 Å². The first-order valence-electron chi connectivity index (χ1n) is 4.82. The number of nitrogens with one attached hydrogen (secondary N) is 1. The van der Waals surface area contributed by atoms with Gasteiger partial charge in [0.25, 0.3) is 0 Å². The van der Waals surface area contributed by atoms with Crippen LogP contribution in [0, 0.1) is 12.7 Å². The second-order valence-electron chi connectivity index (χ2n) is 3.73. The highest BCUT2D eigenvalue weighted by Crippen LogP contribution is 2.28. The van der Waals surface area contributed by atoms with E-state index in [4.69, 9.17) is 0 Å². The Morgan fingerprint density at radius 2 is 2.27 bits per heavy atom. The van der Waals surface area contributed by atoms with Crippen molar-refractivity contribution in [2.24, 2.45) is 0 Å². The Labute approximate surface area is 101 Å². The van der Waals surface area contributed by atoms with Crippen LogP contribution in [0.1, 0.15) is 17.5 Å². The molecular formula is C11H11FINO. The van der Waals surface area contributed by atoms with Crippen LogP contribution in [0.15, 0.2) is 12.1 Å². The van der Waals surface area contributed by atoms with Gasteiger partial charge in [0, 0.05) is 0 Å². The molecule has 0 saturated carbocycles. The highest BCUT2D eigenvalue weighted by atomic mass is 127. The maximum atomic E-state index is 13.7. The van der Waals surface area contributed by atoms with Gasteiger partial charge in [-0.1, -0.05) is 34.7 Å². The van der Waals surface area contributed by atoms with Crippen LogP contribution in [0.3, 0.4) is 0 Å². The van der Waals surface area contributed by atoms with Crippen LogP contribution in [0.25, 0.3) is 0 Å². The van der Waals surface area contributed by atoms with Crippen LogP contribution >= 0.6 is 22.6 Å². The normalized spacial score (nSPS) is 20.5. The maximum absolute atomic E-state index is 13.7. The SMILES string of the molecule is Cc1ccc2c(c1F)NC(=O)C(I)CC2. The summed E-state index contributed by atoms with van der Waals surface area (Å²) < 4.78 is 13.7. The van der Waals surface area contributed by atoms with Gasteiger partial charge >= 0.3 is 0 Å². The zero-order valence-electron chi connectivity index (χ0n) is 8.31. The van der Waals surface area contributed by atoms with Crippen LogP contribution in [0.2, 0.25) is 0 Å². The second-order valence-corrected chi connectivity index (χ2v) is 5.23. The van der Waals surface area contributed by atoms with Gasteiger partial charge in [0.15, 0.2) is 0 Å². The Balaban J connectivity index is 2.48. The minimum Gasteiger partial charge on any atom is -0.322 e. The molecule has 1 atom stereocenters.